The molecule has 1 N–H and O–H groups in total. The average molecular weight is 433 g/mol. The molecule has 1 aromatic heterocycles. The lowest BCUT2D eigenvalue weighted by Gasteiger charge is -2.14. The van der Waals surface area contributed by atoms with E-state index in [0.29, 0.717) is 27.4 Å². The second kappa shape index (κ2) is 9.67. The van der Waals surface area contributed by atoms with Crippen molar-refractivity contribution in [2.75, 3.05) is 18.2 Å². The van der Waals surface area contributed by atoms with E-state index >= 15 is 0 Å². The summed E-state index contributed by atoms with van der Waals surface area (Å²) in [5.41, 5.74) is 0.602. The van der Waals surface area contributed by atoms with Crippen LogP contribution >= 0.6 is 23.4 Å². The first-order valence-electron chi connectivity index (χ1n) is 8.85. The van der Waals surface area contributed by atoms with Crippen LogP contribution in [-0.2, 0) is 11.8 Å². The number of thioether (sulfide) groups is 1. The summed E-state index contributed by atoms with van der Waals surface area (Å²) in [6.45, 7) is 1.91. The van der Waals surface area contributed by atoms with Crippen molar-refractivity contribution in [2.24, 2.45) is 7.05 Å². The molecule has 0 aliphatic rings. The Morgan fingerprint density at radius 3 is 2.69 bits per heavy atom. The van der Waals surface area contributed by atoms with Crippen LogP contribution in [0.15, 0.2) is 53.7 Å². The Bertz CT molecular complexity index is 981. The number of carbonyl (C=O) groups excluding carboxylic acids is 1. The number of nitrogens with zero attached hydrogens (tertiary/aromatic N) is 3. The highest BCUT2D eigenvalue weighted by Crippen LogP contribution is 2.28. The van der Waals surface area contributed by atoms with Crippen molar-refractivity contribution in [1.29, 1.82) is 0 Å². The molecular weight excluding hydrogens is 412 g/mol. The summed E-state index contributed by atoms with van der Waals surface area (Å²) in [6.07, 6.45) is -0.278. The number of anilines is 1. The van der Waals surface area contributed by atoms with Gasteiger partial charge in [-0.3, -0.25) is 4.79 Å². The van der Waals surface area contributed by atoms with Crippen LogP contribution in [0.3, 0.4) is 0 Å². The Labute approximate surface area is 178 Å². The lowest BCUT2D eigenvalue weighted by molar-refractivity contribution is -0.113. The predicted octanol–water partition coefficient (Wildman–Crippen LogP) is 4.35. The van der Waals surface area contributed by atoms with Crippen LogP contribution in [0.4, 0.5) is 5.69 Å². The number of amides is 1. The van der Waals surface area contributed by atoms with Crippen molar-refractivity contribution in [3.63, 3.8) is 0 Å². The van der Waals surface area contributed by atoms with Gasteiger partial charge in [-0.1, -0.05) is 41.6 Å². The number of halogens is 1. The van der Waals surface area contributed by atoms with Gasteiger partial charge in [-0.25, -0.2) is 0 Å². The molecule has 2 aromatic carbocycles. The van der Waals surface area contributed by atoms with Gasteiger partial charge in [0.15, 0.2) is 17.1 Å². The molecule has 0 unspecified atom stereocenters. The van der Waals surface area contributed by atoms with E-state index in [2.05, 4.69) is 15.5 Å². The third kappa shape index (κ3) is 5.42. The SMILES string of the molecule is COc1ccc(NC(=O)CSc2nnc([C@H](C)Oc3ccccc3)n2C)cc1Cl. The van der Waals surface area contributed by atoms with Gasteiger partial charge in [0, 0.05) is 12.7 Å². The van der Waals surface area contributed by atoms with Crippen LogP contribution in [-0.4, -0.2) is 33.5 Å². The summed E-state index contributed by atoms with van der Waals surface area (Å²) in [5.74, 6) is 2.00. The Morgan fingerprint density at radius 2 is 2.00 bits per heavy atom. The van der Waals surface area contributed by atoms with Crippen molar-refractivity contribution < 1.29 is 14.3 Å². The molecule has 0 saturated carbocycles. The van der Waals surface area contributed by atoms with E-state index in [1.165, 1.54) is 18.9 Å². The van der Waals surface area contributed by atoms with Gasteiger partial charge in [0.1, 0.15) is 11.5 Å². The van der Waals surface area contributed by atoms with Crippen molar-refractivity contribution in [1.82, 2.24) is 14.8 Å². The standard InChI is InChI=1S/C20H21ClN4O3S/c1-13(28-15-7-5-4-6-8-15)19-23-24-20(25(19)2)29-12-18(26)22-14-9-10-17(27-3)16(21)11-14/h4-11,13H,12H2,1-3H3,(H,22,26)/t13-/m0/s1. The Kier molecular flexibility index (Phi) is 7.00. The molecule has 0 bridgehead atoms. The van der Waals surface area contributed by atoms with E-state index < -0.39 is 0 Å². The van der Waals surface area contributed by atoms with E-state index in [4.69, 9.17) is 21.1 Å². The maximum absolute atomic E-state index is 12.3. The lowest BCUT2D eigenvalue weighted by atomic mass is 10.3. The number of ether oxygens (including phenoxy) is 2. The molecule has 29 heavy (non-hydrogen) atoms. The van der Waals surface area contributed by atoms with Crippen molar-refractivity contribution >= 4 is 35.0 Å². The average Bonchev–Trinajstić information content (AvgIpc) is 3.08. The number of para-hydroxylation sites is 1. The first-order chi connectivity index (χ1) is 14.0. The maximum Gasteiger partial charge on any atom is 0.234 e. The number of aromatic nitrogens is 3. The van der Waals surface area contributed by atoms with Crippen LogP contribution in [0, 0.1) is 0 Å². The number of nitrogens with one attached hydrogen (secondary N) is 1. The van der Waals surface area contributed by atoms with Crippen LogP contribution in [0.2, 0.25) is 5.02 Å². The third-order valence-electron chi connectivity index (χ3n) is 4.06. The lowest BCUT2D eigenvalue weighted by Crippen LogP contribution is -2.15. The minimum Gasteiger partial charge on any atom is -0.495 e. The largest absolute Gasteiger partial charge is 0.495 e. The van der Waals surface area contributed by atoms with Gasteiger partial charge in [-0.2, -0.15) is 0 Å². The number of methoxy groups -OCH3 is 1. The smallest absolute Gasteiger partial charge is 0.234 e. The number of hydrogen-bond acceptors (Lipinski definition) is 6. The van der Waals surface area contributed by atoms with Gasteiger partial charge in [-0.05, 0) is 37.3 Å². The van der Waals surface area contributed by atoms with Crippen LogP contribution in [0.5, 0.6) is 11.5 Å². The van der Waals surface area contributed by atoms with Gasteiger partial charge < -0.3 is 19.4 Å². The molecule has 0 saturated heterocycles. The predicted molar refractivity (Wildman–Crippen MR) is 114 cm³/mol. The summed E-state index contributed by atoms with van der Waals surface area (Å²) in [4.78, 5) is 12.3. The number of benzene rings is 2. The van der Waals surface area contributed by atoms with Crippen molar-refractivity contribution in [3.05, 3.63) is 59.4 Å². The zero-order valence-corrected chi connectivity index (χ0v) is 17.8. The van der Waals surface area contributed by atoms with E-state index in [9.17, 15) is 4.79 Å². The molecule has 152 valence electrons. The van der Waals surface area contributed by atoms with Gasteiger partial charge in [0.2, 0.25) is 5.91 Å². The normalized spacial score (nSPS) is 11.7. The first-order valence-corrected chi connectivity index (χ1v) is 10.2. The molecule has 0 fully saturated rings. The van der Waals surface area contributed by atoms with Crippen LogP contribution < -0.4 is 14.8 Å². The summed E-state index contributed by atoms with van der Waals surface area (Å²) in [7, 11) is 3.39. The summed E-state index contributed by atoms with van der Waals surface area (Å²) in [5, 5.41) is 12.2. The molecule has 7 nitrogen and oxygen atoms in total. The summed E-state index contributed by atoms with van der Waals surface area (Å²) in [6, 6.07) is 14.6. The molecule has 0 aliphatic carbocycles. The highest BCUT2D eigenvalue weighted by Gasteiger charge is 2.18. The number of carbonyl (C=O) groups is 1. The topological polar surface area (TPSA) is 78.3 Å². The van der Waals surface area contributed by atoms with Crippen molar-refractivity contribution in [3.8, 4) is 11.5 Å². The van der Waals surface area contributed by atoms with Gasteiger partial charge in [0.25, 0.3) is 0 Å². The molecule has 9 heteroatoms. The van der Waals surface area contributed by atoms with E-state index in [-0.39, 0.29) is 17.8 Å². The molecular formula is C20H21ClN4O3S. The highest BCUT2D eigenvalue weighted by atomic mass is 35.5. The fraction of sp³-hybridized carbons (Fsp3) is 0.250. The Morgan fingerprint density at radius 1 is 1.24 bits per heavy atom. The molecule has 3 rings (SSSR count). The van der Waals surface area contributed by atoms with E-state index in [1.54, 1.807) is 18.2 Å². The summed E-state index contributed by atoms with van der Waals surface area (Å²) < 4.78 is 12.8. The molecule has 3 aromatic rings. The maximum atomic E-state index is 12.3. The molecule has 1 heterocycles. The molecule has 0 aliphatic heterocycles. The minimum absolute atomic E-state index is 0.172. The summed E-state index contributed by atoms with van der Waals surface area (Å²) >= 11 is 7.38. The monoisotopic (exact) mass is 432 g/mol. The van der Waals surface area contributed by atoms with E-state index in [1.807, 2.05) is 48.9 Å². The first kappa shape index (κ1) is 21.0. The number of rotatable bonds is 8. The van der Waals surface area contributed by atoms with Gasteiger partial charge in [-0.15, -0.1) is 10.2 Å². The van der Waals surface area contributed by atoms with Crippen molar-refractivity contribution in [2.45, 2.75) is 18.2 Å². The number of hydrogen-bond donors (Lipinski definition) is 1. The molecule has 0 spiro atoms. The van der Waals surface area contributed by atoms with Crippen LogP contribution in [0.25, 0.3) is 0 Å². The minimum atomic E-state index is -0.278. The highest BCUT2D eigenvalue weighted by molar-refractivity contribution is 7.99. The molecule has 1 amide bonds. The van der Waals surface area contributed by atoms with Gasteiger partial charge >= 0.3 is 0 Å². The quantitative estimate of drug-likeness (QED) is 0.533. The third-order valence-corrected chi connectivity index (χ3v) is 5.37. The fourth-order valence-corrected chi connectivity index (χ4v) is 3.61. The zero-order valence-electron chi connectivity index (χ0n) is 16.3. The second-order valence-corrected chi connectivity index (χ2v) is 7.51. The zero-order chi connectivity index (χ0) is 20.8. The van der Waals surface area contributed by atoms with E-state index in [0.717, 1.165) is 5.75 Å². The Balaban J connectivity index is 1.57. The molecule has 0 radical (unpaired) electrons. The fourth-order valence-electron chi connectivity index (χ4n) is 2.63. The van der Waals surface area contributed by atoms with Crippen LogP contribution in [0.1, 0.15) is 18.9 Å². The van der Waals surface area contributed by atoms with Gasteiger partial charge in [0.05, 0.1) is 17.9 Å². The second-order valence-electron chi connectivity index (χ2n) is 6.16. The molecule has 1 atom stereocenters. The Hall–Kier alpha value is -2.71.